The minimum atomic E-state index is -3.59. The minimum Gasteiger partial charge on any atom is -0.391 e. The Labute approximate surface area is 131 Å². The minimum absolute atomic E-state index is 0.284. The molecule has 0 amide bonds. The van der Waals surface area contributed by atoms with Gasteiger partial charge in [0.25, 0.3) is 0 Å². The van der Waals surface area contributed by atoms with Crippen molar-refractivity contribution in [3.8, 4) is 0 Å². The van der Waals surface area contributed by atoms with Crippen LogP contribution in [0.4, 0.5) is 0 Å². The molecule has 0 spiro atoms. The Kier molecular flexibility index (Phi) is 4.21. The average Bonchev–Trinajstić information content (AvgIpc) is 2.54. The molecule has 3 rings (SSSR count). The van der Waals surface area contributed by atoms with Crippen LogP contribution >= 0.6 is 0 Å². The standard InChI is InChI=1S/C17H21NO3S/c1-18(16-8-4-5-9-17(16)19)22(20,21)15-11-10-13-6-2-3-7-14(13)12-15/h2-3,6-7,10-12,16-17,19H,4-5,8-9H2,1H3/t16-,17-/m0/s1. The molecule has 1 aliphatic carbocycles. The zero-order valence-electron chi connectivity index (χ0n) is 12.6. The van der Waals surface area contributed by atoms with E-state index in [1.807, 2.05) is 30.3 Å². The molecule has 5 heteroatoms. The van der Waals surface area contributed by atoms with Gasteiger partial charge in [0.05, 0.1) is 17.0 Å². The number of benzene rings is 2. The van der Waals surface area contributed by atoms with Gasteiger partial charge in [-0.05, 0) is 35.7 Å². The summed E-state index contributed by atoms with van der Waals surface area (Å²) in [5.41, 5.74) is 0. The number of nitrogens with zero attached hydrogens (tertiary/aromatic N) is 1. The molecule has 0 bridgehead atoms. The van der Waals surface area contributed by atoms with Gasteiger partial charge in [-0.1, -0.05) is 43.2 Å². The zero-order chi connectivity index (χ0) is 15.7. The number of hydrogen-bond acceptors (Lipinski definition) is 3. The molecule has 1 N–H and O–H groups in total. The Morgan fingerprint density at radius 2 is 1.73 bits per heavy atom. The molecular weight excluding hydrogens is 298 g/mol. The van der Waals surface area contributed by atoms with Crippen molar-refractivity contribution in [3.63, 3.8) is 0 Å². The van der Waals surface area contributed by atoms with Gasteiger partial charge in [0.2, 0.25) is 10.0 Å². The summed E-state index contributed by atoms with van der Waals surface area (Å²) in [6.45, 7) is 0. The number of likely N-dealkylation sites (N-methyl/N-ethyl adjacent to an activating group) is 1. The van der Waals surface area contributed by atoms with Gasteiger partial charge >= 0.3 is 0 Å². The molecule has 1 aliphatic rings. The molecule has 1 fully saturated rings. The Morgan fingerprint density at radius 1 is 1.05 bits per heavy atom. The van der Waals surface area contributed by atoms with E-state index in [-0.39, 0.29) is 10.9 Å². The lowest BCUT2D eigenvalue weighted by Gasteiger charge is -2.34. The number of hydrogen-bond donors (Lipinski definition) is 1. The van der Waals surface area contributed by atoms with Crippen molar-refractivity contribution in [2.75, 3.05) is 7.05 Å². The van der Waals surface area contributed by atoms with E-state index in [0.717, 1.165) is 23.6 Å². The van der Waals surface area contributed by atoms with Crippen LogP contribution in [0.1, 0.15) is 25.7 Å². The van der Waals surface area contributed by atoms with Crippen LogP contribution in [0, 0.1) is 0 Å². The highest BCUT2D eigenvalue weighted by atomic mass is 32.2. The van der Waals surface area contributed by atoms with E-state index in [4.69, 9.17) is 0 Å². The predicted molar refractivity (Wildman–Crippen MR) is 87.2 cm³/mol. The number of fused-ring (bicyclic) bond motifs is 1. The lowest BCUT2D eigenvalue weighted by molar-refractivity contribution is 0.0638. The summed E-state index contributed by atoms with van der Waals surface area (Å²) >= 11 is 0. The maximum absolute atomic E-state index is 12.8. The fraction of sp³-hybridized carbons (Fsp3) is 0.412. The first-order valence-electron chi connectivity index (χ1n) is 7.65. The SMILES string of the molecule is CN([C@H]1CCCC[C@@H]1O)S(=O)(=O)c1ccc2ccccc2c1. The Balaban J connectivity index is 1.96. The van der Waals surface area contributed by atoms with Crippen LogP contribution in [-0.2, 0) is 10.0 Å². The third kappa shape index (κ3) is 2.76. The van der Waals surface area contributed by atoms with E-state index < -0.39 is 16.1 Å². The predicted octanol–water partition coefficient (Wildman–Crippen LogP) is 2.76. The molecule has 0 unspecified atom stereocenters. The van der Waals surface area contributed by atoms with Gasteiger partial charge in [-0.2, -0.15) is 4.31 Å². The molecule has 4 nitrogen and oxygen atoms in total. The largest absolute Gasteiger partial charge is 0.391 e. The Hall–Kier alpha value is -1.43. The molecule has 0 heterocycles. The lowest BCUT2D eigenvalue weighted by Crippen LogP contribution is -2.46. The van der Waals surface area contributed by atoms with E-state index in [2.05, 4.69) is 0 Å². The molecule has 2 aromatic carbocycles. The van der Waals surface area contributed by atoms with Crippen LogP contribution in [0.2, 0.25) is 0 Å². The summed E-state index contributed by atoms with van der Waals surface area (Å²) in [6, 6.07) is 12.5. The normalized spacial score (nSPS) is 23.0. The van der Waals surface area contributed by atoms with Gasteiger partial charge in [-0.15, -0.1) is 0 Å². The number of aliphatic hydroxyl groups is 1. The molecule has 0 radical (unpaired) electrons. The molecule has 0 saturated heterocycles. The summed E-state index contributed by atoms with van der Waals surface area (Å²) in [4.78, 5) is 0.284. The highest BCUT2D eigenvalue weighted by Gasteiger charge is 2.34. The molecule has 1 saturated carbocycles. The van der Waals surface area contributed by atoms with Crippen molar-refractivity contribution in [1.29, 1.82) is 0 Å². The average molecular weight is 319 g/mol. The molecule has 2 aromatic rings. The number of sulfonamides is 1. The Morgan fingerprint density at radius 3 is 2.45 bits per heavy atom. The van der Waals surface area contributed by atoms with Crippen LogP contribution in [0.25, 0.3) is 10.8 Å². The van der Waals surface area contributed by atoms with Gasteiger partial charge in [0.1, 0.15) is 0 Å². The van der Waals surface area contributed by atoms with E-state index in [1.54, 1.807) is 19.2 Å². The summed E-state index contributed by atoms with van der Waals surface area (Å²) < 4.78 is 27.0. The molecular formula is C17H21NO3S. The fourth-order valence-electron chi connectivity index (χ4n) is 3.19. The van der Waals surface area contributed by atoms with Crippen molar-refractivity contribution in [2.45, 2.75) is 42.7 Å². The third-order valence-electron chi connectivity index (χ3n) is 4.56. The van der Waals surface area contributed by atoms with E-state index in [0.29, 0.717) is 12.8 Å². The van der Waals surface area contributed by atoms with Crippen molar-refractivity contribution in [1.82, 2.24) is 4.31 Å². The summed E-state index contributed by atoms with van der Waals surface area (Å²) in [7, 11) is -2.02. The van der Waals surface area contributed by atoms with Crippen molar-refractivity contribution in [2.24, 2.45) is 0 Å². The van der Waals surface area contributed by atoms with Crippen LogP contribution in [-0.4, -0.2) is 37.0 Å². The van der Waals surface area contributed by atoms with Gasteiger partial charge < -0.3 is 5.11 Å². The van der Waals surface area contributed by atoms with E-state index in [1.165, 1.54) is 4.31 Å². The van der Waals surface area contributed by atoms with Gasteiger partial charge in [0.15, 0.2) is 0 Å². The van der Waals surface area contributed by atoms with Crippen molar-refractivity contribution < 1.29 is 13.5 Å². The third-order valence-corrected chi connectivity index (χ3v) is 6.44. The first-order chi connectivity index (χ1) is 10.5. The highest BCUT2D eigenvalue weighted by molar-refractivity contribution is 7.89. The lowest BCUT2D eigenvalue weighted by atomic mass is 9.93. The van der Waals surface area contributed by atoms with E-state index >= 15 is 0 Å². The van der Waals surface area contributed by atoms with Crippen LogP contribution in [0.5, 0.6) is 0 Å². The monoisotopic (exact) mass is 319 g/mol. The van der Waals surface area contributed by atoms with Gasteiger partial charge in [-0.3, -0.25) is 0 Å². The van der Waals surface area contributed by atoms with Gasteiger partial charge in [0, 0.05) is 7.05 Å². The quantitative estimate of drug-likeness (QED) is 0.946. The highest BCUT2D eigenvalue weighted by Crippen LogP contribution is 2.28. The first-order valence-corrected chi connectivity index (χ1v) is 9.09. The maximum Gasteiger partial charge on any atom is 0.243 e. The zero-order valence-corrected chi connectivity index (χ0v) is 13.5. The Bertz CT molecular complexity index is 772. The smallest absolute Gasteiger partial charge is 0.243 e. The van der Waals surface area contributed by atoms with Crippen LogP contribution in [0.15, 0.2) is 47.4 Å². The van der Waals surface area contributed by atoms with Crippen LogP contribution in [0.3, 0.4) is 0 Å². The summed E-state index contributed by atoms with van der Waals surface area (Å²) in [5, 5.41) is 12.0. The van der Waals surface area contributed by atoms with E-state index in [9.17, 15) is 13.5 Å². The first kappa shape index (κ1) is 15.5. The van der Waals surface area contributed by atoms with Crippen molar-refractivity contribution in [3.05, 3.63) is 42.5 Å². The second-order valence-corrected chi connectivity index (χ2v) is 7.95. The molecule has 22 heavy (non-hydrogen) atoms. The van der Waals surface area contributed by atoms with Crippen LogP contribution < -0.4 is 0 Å². The molecule has 0 aromatic heterocycles. The number of rotatable bonds is 3. The number of aliphatic hydroxyl groups excluding tert-OH is 1. The molecule has 0 aliphatic heterocycles. The fourth-order valence-corrected chi connectivity index (χ4v) is 4.64. The molecule has 2 atom stereocenters. The summed E-state index contributed by atoms with van der Waals surface area (Å²) in [6.07, 6.45) is 2.72. The second-order valence-electron chi connectivity index (χ2n) is 5.95. The summed E-state index contributed by atoms with van der Waals surface area (Å²) in [5.74, 6) is 0. The maximum atomic E-state index is 12.8. The van der Waals surface area contributed by atoms with Crippen molar-refractivity contribution >= 4 is 20.8 Å². The second kappa shape index (κ2) is 5.99. The topological polar surface area (TPSA) is 57.6 Å². The van der Waals surface area contributed by atoms with Gasteiger partial charge in [-0.25, -0.2) is 8.42 Å². The molecule has 118 valence electrons.